The molecule has 0 spiro atoms. The van der Waals surface area contributed by atoms with E-state index in [9.17, 15) is 18.8 Å². The molecule has 0 atom stereocenters. The Kier molecular flexibility index (Phi) is 5.79. The number of amides is 3. The molecule has 28 heavy (non-hydrogen) atoms. The second kappa shape index (κ2) is 8.26. The molecule has 1 fully saturated rings. The molecule has 1 aliphatic heterocycles. The highest BCUT2D eigenvalue weighted by molar-refractivity contribution is 8.18. The van der Waals surface area contributed by atoms with E-state index in [1.54, 1.807) is 25.3 Å². The first-order valence-electron chi connectivity index (χ1n) is 8.33. The smallest absolute Gasteiger partial charge is 0.294 e. The van der Waals surface area contributed by atoms with E-state index in [4.69, 9.17) is 4.74 Å². The van der Waals surface area contributed by atoms with Gasteiger partial charge in [-0.1, -0.05) is 12.1 Å². The van der Waals surface area contributed by atoms with Crippen molar-refractivity contribution in [3.8, 4) is 5.75 Å². The second-order valence-corrected chi connectivity index (χ2v) is 7.05. The number of carbonyl (C=O) groups is 3. The molecular weight excluding hydrogens is 383 g/mol. The van der Waals surface area contributed by atoms with Gasteiger partial charge in [0, 0.05) is 5.69 Å². The summed E-state index contributed by atoms with van der Waals surface area (Å²) in [6.45, 7) is 1.43. The van der Waals surface area contributed by atoms with Crippen molar-refractivity contribution in [3.63, 3.8) is 0 Å². The van der Waals surface area contributed by atoms with Crippen molar-refractivity contribution >= 4 is 40.6 Å². The summed E-state index contributed by atoms with van der Waals surface area (Å²) in [4.78, 5) is 37.9. The van der Waals surface area contributed by atoms with Crippen LogP contribution >= 0.6 is 11.8 Å². The zero-order valence-electron chi connectivity index (χ0n) is 15.2. The van der Waals surface area contributed by atoms with Gasteiger partial charge in [0.2, 0.25) is 5.91 Å². The fourth-order valence-corrected chi connectivity index (χ4v) is 3.53. The molecule has 1 saturated heterocycles. The fraction of sp³-hybridized carbons (Fsp3) is 0.150. The Morgan fingerprint density at radius 2 is 2.04 bits per heavy atom. The van der Waals surface area contributed by atoms with E-state index >= 15 is 0 Å². The molecule has 0 unspecified atom stereocenters. The summed E-state index contributed by atoms with van der Waals surface area (Å²) in [6.07, 6.45) is 1.60. The lowest BCUT2D eigenvalue weighted by Crippen LogP contribution is -2.36. The maximum absolute atomic E-state index is 13.2. The zero-order chi connectivity index (χ0) is 20.3. The number of ether oxygens (including phenoxy) is 1. The van der Waals surface area contributed by atoms with Crippen LogP contribution in [0.1, 0.15) is 11.1 Å². The van der Waals surface area contributed by atoms with E-state index in [2.05, 4.69) is 5.32 Å². The van der Waals surface area contributed by atoms with Crippen molar-refractivity contribution in [2.24, 2.45) is 0 Å². The molecule has 1 heterocycles. The molecule has 2 aromatic carbocycles. The van der Waals surface area contributed by atoms with E-state index in [0.29, 0.717) is 0 Å². The summed E-state index contributed by atoms with van der Waals surface area (Å²) < 4.78 is 18.4. The molecule has 6 nitrogen and oxygen atoms in total. The van der Waals surface area contributed by atoms with Crippen molar-refractivity contribution in [2.45, 2.75) is 6.92 Å². The molecule has 1 N–H and O–H groups in total. The number of methoxy groups -OCH3 is 1. The number of hydrogen-bond donors (Lipinski definition) is 1. The molecule has 0 aromatic heterocycles. The first-order chi connectivity index (χ1) is 13.4. The van der Waals surface area contributed by atoms with Crippen LogP contribution in [0.15, 0.2) is 47.4 Å². The topological polar surface area (TPSA) is 75.7 Å². The average molecular weight is 400 g/mol. The van der Waals surface area contributed by atoms with Crippen molar-refractivity contribution in [1.82, 2.24) is 4.90 Å². The third-order valence-corrected chi connectivity index (χ3v) is 4.91. The minimum absolute atomic E-state index is 0.230. The predicted molar refractivity (Wildman–Crippen MR) is 105 cm³/mol. The Morgan fingerprint density at radius 1 is 1.25 bits per heavy atom. The van der Waals surface area contributed by atoms with Gasteiger partial charge in [0.15, 0.2) is 0 Å². The minimum Gasteiger partial charge on any atom is -0.496 e. The van der Waals surface area contributed by atoms with Crippen LogP contribution < -0.4 is 10.1 Å². The third kappa shape index (κ3) is 4.40. The van der Waals surface area contributed by atoms with E-state index in [1.807, 2.05) is 13.0 Å². The molecule has 0 aliphatic carbocycles. The van der Waals surface area contributed by atoms with E-state index in [0.717, 1.165) is 39.6 Å². The number of halogens is 1. The first-order valence-corrected chi connectivity index (χ1v) is 9.14. The summed E-state index contributed by atoms with van der Waals surface area (Å²) in [5, 5.41) is 1.94. The van der Waals surface area contributed by atoms with Gasteiger partial charge in [0.1, 0.15) is 18.1 Å². The van der Waals surface area contributed by atoms with E-state index < -0.39 is 29.4 Å². The highest BCUT2D eigenvalue weighted by Gasteiger charge is 2.36. The van der Waals surface area contributed by atoms with Gasteiger partial charge in [-0.05, 0) is 66.2 Å². The number of aryl methyl sites for hydroxylation is 1. The number of anilines is 1. The first kappa shape index (κ1) is 19.6. The van der Waals surface area contributed by atoms with Crippen molar-refractivity contribution < 1.29 is 23.5 Å². The third-order valence-electron chi connectivity index (χ3n) is 4.00. The maximum Gasteiger partial charge on any atom is 0.294 e. The van der Waals surface area contributed by atoms with Crippen molar-refractivity contribution in [3.05, 3.63) is 64.3 Å². The number of thioether (sulfide) groups is 1. The Labute approximate surface area is 165 Å². The van der Waals surface area contributed by atoms with Gasteiger partial charge in [-0.3, -0.25) is 19.3 Å². The van der Waals surface area contributed by atoms with Crippen LogP contribution in [0.3, 0.4) is 0 Å². The fourth-order valence-electron chi connectivity index (χ4n) is 2.69. The van der Waals surface area contributed by atoms with Gasteiger partial charge < -0.3 is 10.1 Å². The number of imide groups is 1. The van der Waals surface area contributed by atoms with Crippen molar-refractivity contribution in [1.29, 1.82) is 0 Å². The second-order valence-electron chi connectivity index (χ2n) is 6.06. The summed E-state index contributed by atoms with van der Waals surface area (Å²) in [7, 11) is 1.57. The zero-order valence-corrected chi connectivity index (χ0v) is 16.0. The number of carbonyl (C=O) groups excluding carboxylic acids is 3. The SMILES string of the molecule is COc1ccc(/C=C2/SC(=O)N(CC(=O)Nc3cccc(F)c3)C2=O)cc1C. The largest absolute Gasteiger partial charge is 0.496 e. The molecular formula is C20H17FN2O4S. The molecule has 144 valence electrons. The Hall–Kier alpha value is -3.13. The molecule has 0 bridgehead atoms. The van der Waals surface area contributed by atoms with Crippen molar-refractivity contribution in [2.75, 3.05) is 19.0 Å². The van der Waals surface area contributed by atoms with Crippen LogP contribution in [0.25, 0.3) is 6.08 Å². The van der Waals surface area contributed by atoms with Gasteiger partial charge >= 0.3 is 0 Å². The lowest BCUT2D eigenvalue weighted by Gasteiger charge is -2.12. The van der Waals surface area contributed by atoms with Gasteiger partial charge in [-0.15, -0.1) is 0 Å². The molecule has 8 heteroatoms. The minimum atomic E-state index is -0.588. The highest BCUT2D eigenvalue weighted by Crippen LogP contribution is 2.32. The number of rotatable bonds is 5. The Morgan fingerprint density at radius 3 is 2.71 bits per heavy atom. The molecule has 1 aliphatic rings. The summed E-state index contributed by atoms with van der Waals surface area (Å²) in [6, 6.07) is 10.7. The lowest BCUT2D eigenvalue weighted by atomic mass is 10.1. The number of nitrogens with zero attached hydrogens (tertiary/aromatic N) is 1. The van der Waals surface area contributed by atoms with Crippen LogP contribution in [0.5, 0.6) is 5.75 Å². The predicted octanol–water partition coefficient (Wildman–Crippen LogP) is 3.82. The van der Waals surface area contributed by atoms with Gasteiger partial charge in [-0.25, -0.2) is 4.39 Å². The summed E-state index contributed by atoms with van der Waals surface area (Å²) in [5.41, 5.74) is 1.89. The van der Waals surface area contributed by atoms with Crippen LogP contribution in [-0.2, 0) is 9.59 Å². The van der Waals surface area contributed by atoms with Crippen LogP contribution in [0.2, 0.25) is 0 Å². The normalized spacial score (nSPS) is 15.2. The van der Waals surface area contributed by atoms with Crippen LogP contribution in [-0.4, -0.2) is 35.6 Å². The molecule has 3 rings (SSSR count). The standard InChI is InChI=1S/C20H17FN2O4S/c1-12-8-13(6-7-16(12)27-2)9-17-19(25)23(20(26)28-17)11-18(24)22-15-5-3-4-14(21)10-15/h3-10H,11H2,1-2H3,(H,22,24)/b17-9+. The van der Waals surface area contributed by atoms with E-state index in [1.165, 1.54) is 18.2 Å². The lowest BCUT2D eigenvalue weighted by molar-refractivity contribution is -0.127. The molecule has 3 amide bonds. The maximum atomic E-state index is 13.2. The van der Waals surface area contributed by atoms with Gasteiger partial charge in [0.25, 0.3) is 11.1 Å². The summed E-state index contributed by atoms with van der Waals surface area (Å²) in [5.74, 6) is -0.909. The van der Waals surface area contributed by atoms with Gasteiger partial charge in [0.05, 0.1) is 12.0 Å². The molecule has 2 aromatic rings. The highest BCUT2D eigenvalue weighted by atomic mass is 32.2. The molecule has 0 radical (unpaired) electrons. The number of nitrogens with one attached hydrogen (secondary N) is 1. The average Bonchev–Trinajstić information content (AvgIpc) is 2.89. The Balaban J connectivity index is 1.71. The van der Waals surface area contributed by atoms with E-state index in [-0.39, 0.29) is 10.6 Å². The summed E-state index contributed by atoms with van der Waals surface area (Å²) >= 11 is 0.770. The van der Waals surface area contributed by atoms with Gasteiger partial charge in [-0.2, -0.15) is 0 Å². The monoisotopic (exact) mass is 400 g/mol. The quantitative estimate of drug-likeness (QED) is 0.773. The number of benzene rings is 2. The Bertz CT molecular complexity index is 990. The van der Waals surface area contributed by atoms with Crippen LogP contribution in [0, 0.1) is 12.7 Å². The van der Waals surface area contributed by atoms with Crippen LogP contribution in [0.4, 0.5) is 14.9 Å². The number of hydrogen-bond acceptors (Lipinski definition) is 5. The molecule has 0 saturated carbocycles.